The maximum absolute atomic E-state index is 4.46. The summed E-state index contributed by atoms with van der Waals surface area (Å²) in [5.41, 5.74) is 3.50. The summed E-state index contributed by atoms with van der Waals surface area (Å²) < 4.78 is 1.81. The van der Waals surface area contributed by atoms with Gasteiger partial charge in [0.15, 0.2) is 5.65 Å². The van der Waals surface area contributed by atoms with Crippen molar-refractivity contribution >= 4 is 16.9 Å². The van der Waals surface area contributed by atoms with Gasteiger partial charge >= 0.3 is 0 Å². The normalized spacial score (nSPS) is 16.3. The van der Waals surface area contributed by atoms with Crippen molar-refractivity contribution in [2.75, 3.05) is 11.9 Å². The number of hydrogen-bond donors (Lipinski definition) is 1. The van der Waals surface area contributed by atoms with Gasteiger partial charge in [0.1, 0.15) is 12.1 Å². The molecule has 2 aromatic heterocycles. The van der Waals surface area contributed by atoms with Crippen LogP contribution in [0.4, 0.5) is 5.82 Å². The molecule has 23 heavy (non-hydrogen) atoms. The summed E-state index contributed by atoms with van der Waals surface area (Å²) in [6.07, 6.45) is 5.36. The van der Waals surface area contributed by atoms with Gasteiger partial charge in [0, 0.05) is 19.0 Å². The van der Waals surface area contributed by atoms with E-state index in [4.69, 9.17) is 0 Å². The summed E-state index contributed by atoms with van der Waals surface area (Å²) in [6, 6.07) is 10.8. The second-order valence-electron chi connectivity index (χ2n) is 6.48. The minimum absolute atomic E-state index is 0.231. The predicted octanol–water partition coefficient (Wildman–Crippen LogP) is 3.21. The molecule has 1 saturated carbocycles. The lowest BCUT2D eigenvalue weighted by molar-refractivity contribution is 0.260. The number of benzene rings is 1. The molecular weight excluding hydrogens is 286 g/mol. The van der Waals surface area contributed by atoms with E-state index in [1.54, 1.807) is 6.33 Å². The largest absolute Gasteiger partial charge is 0.368 e. The predicted molar refractivity (Wildman–Crippen MR) is 91.5 cm³/mol. The summed E-state index contributed by atoms with van der Waals surface area (Å²) in [4.78, 5) is 8.81. The molecule has 0 amide bonds. The highest BCUT2D eigenvalue weighted by Gasteiger charge is 2.38. The Morgan fingerprint density at radius 3 is 2.65 bits per heavy atom. The van der Waals surface area contributed by atoms with E-state index in [-0.39, 0.29) is 5.41 Å². The van der Waals surface area contributed by atoms with Gasteiger partial charge in [-0.3, -0.25) is 4.68 Å². The number of nitrogens with zero attached hydrogens (tertiary/aromatic N) is 4. The standard InChI is InChI=1S/C18H21N5/c1-13-15-16(20-12-21-17(15)23(2)22-13)19-11-18(9-6-10-18)14-7-4-3-5-8-14/h3-5,7-8,12H,6,9-11H2,1-2H3,(H,19,20,21). The first-order chi connectivity index (χ1) is 11.2. The Hall–Kier alpha value is -2.43. The smallest absolute Gasteiger partial charge is 0.163 e. The van der Waals surface area contributed by atoms with Crippen LogP contribution in [0.15, 0.2) is 36.7 Å². The molecule has 0 radical (unpaired) electrons. The molecule has 4 rings (SSSR count). The van der Waals surface area contributed by atoms with Crippen LogP contribution in [0.3, 0.4) is 0 Å². The Morgan fingerprint density at radius 2 is 1.96 bits per heavy atom. The highest BCUT2D eigenvalue weighted by Crippen LogP contribution is 2.43. The highest BCUT2D eigenvalue weighted by atomic mass is 15.3. The SMILES string of the molecule is Cc1nn(C)c2ncnc(NCC3(c4ccccc4)CCC3)c12. The van der Waals surface area contributed by atoms with Gasteiger partial charge in [0.2, 0.25) is 0 Å². The third kappa shape index (κ3) is 2.27. The van der Waals surface area contributed by atoms with E-state index in [1.165, 1.54) is 24.8 Å². The maximum atomic E-state index is 4.46. The Balaban J connectivity index is 1.64. The first-order valence-corrected chi connectivity index (χ1v) is 8.13. The molecule has 1 aliphatic carbocycles. The first-order valence-electron chi connectivity index (χ1n) is 8.13. The number of aryl methyl sites for hydroxylation is 2. The Kier molecular flexibility index (Phi) is 3.29. The molecule has 2 heterocycles. The van der Waals surface area contributed by atoms with Crippen LogP contribution >= 0.6 is 0 Å². The number of anilines is 1. The number of fused-ring (bicyclic) bond motifs is 1. The molecule has 0 spiro atoms. The summed E-state index contributed by atoms with van der Waals surface area (Å²) in [7, 11) is 1.92. The van der Waals surface area contributed by atoms with Crippen LogP contribution in [0, 0.1) is 6.92 Å². The van der Waals surface area contributed by atoms with Crippen molar-refractivity contribution in [2.45, 2.75) is 31.6 Å². The van der Waals surface area contributed by atoms with Gasteiger partial charge in [-0.25, -0.2) is 9.97 Å². The van der Waals surface area contributed by atoms with Gasteiger partial charge < -0.3 is 5.32 Å². The van der Waals surface area contributed by atoms with Crippen molar-refractivity contribution in [3.05, 3.63) is 47.9 Å². The molecule has 1 fully saturated rings. The van der Waals surface area contributed by atoms with Crippen molar-refractivity contribution in [1.29, 1.82) is 0 Å². The summed E-state index contributed by atoms with van der Waals surface area (Å²) in [5.74, 6) is 0.891. The molecule has 1 N–H and O–H groups in total. The van der Waals surface area contributed by atoms with Crippen molar-refractivity contribution in [2.24, 2.45) is 7.05 Å². The lowest BCUT2D eigenvalue weighted by Crippen LogP contribution is -2.41. The topological polar surface area (TPSA) is 55.6 Å². The summed E-state index contributed by atoms with van der Waals surface area (Å²) in [5, 5.41) is 9.07. The minimum Gasteiger partial charge on any atom is -0.368 e. The second kappa shape index (κ2) is 5.33. The van der Waals surface area contributed by atoms with E-state index in [0.29, 0.717) is 0 Å². The van der Waals surface area contributed by atoms with Crippen LogP contribution in [-0.2, 0) is 12.5 Å². The molecule has 0 unspecified atom stereocenters. The fourth-order valence-corrected chi connectivity index (χ4v) is 3.63. The molecule has 118 valence electrons. The van der Waals surface area contributed by atoms with Gasteiger partial charge in [-0.15, -0.1) is 0 Å². The number of aromatic nitrogens is 4. The van der Waals surface area contributed by atoms with E-state index in [2.05, 4.69) is 50.7 Å². The zero-order chi connectivity index (χ0) is 15.9. The number of rotatable bonds is 4. The molecule has 1 aromatic carbocycles. The molecular formula is C18H21N5. The van der Waals surface area contributed by atoms with Crippen molar-refractivity contribution < 1.29 is 0 Å². The monoisotopic (exact) mass is 307 g/mol. The molecule has 0 aliphatic heterocycles. The van der Waals surface area contributed by atoms with Crippen molar-refractivity contribution in [1.82, 2.24) is 19.7 Å². The quantitative estimate of drug-likeness (QED) is 0.804. The third-order valence-electron chi connectivity index (χ3n) is 5.09. The van der Waals surface area contributed by atoms with E-state index in [0.717, 1.165) is 29.1 Å². The van der Waals surface area contributed by atoms with E-state index in [1.807, 2.05) is 18.7 Å². The lowest BCUT2D eigenvalue weighted by atomic mass is 9.64. The van der Waals surface area contributed by atoms with Crippen LogP contribution in [-0.4, -0.2) is 26.3 Å². The summed E-state index contributed by atoms with van der Waals surface area (Å²) >= 11 is 0. The lowest BCUT2D eigenvalue weighted by Gasteiger charge is -2.42. The molecule has 5 heteroatoms. The van der Waals surface area contributed by atoms with Crippen molar-refractivity contribution in [3.63, 3.8) is 0 Å². The zero-order valence-corrected chi connectivity index (χ0v) is 13.6. The average molecular weight is 307 g/mol. The van der Waals surface area contributed by atoms with Crippen molar-refractivity contribution in [3.8, 4) is 0 Å². The Labute approximate surface area is 135 Å². The van der Waals surface area contributed by atoms with Crippen LogP contribution < -0.4 is 5.32 Å². The van der Waals surface area contributed by atoms with E-state index >= 15 is 0 Å². The summed E-state index contributed by atoms with van der Waals surface area (Å²) in [6.45, 7) is 2.91. The molecule has 0 bridgehead atoms. The molecule has 5 nitrogen and oxygen atoms in total. The highest BCUT2D eigenvalue weighted by molar-refractivity contribution is 5.89. The second-order valence-corrected chi connectivity index (χ2v) is 6.48. The fraction of sp³-hybridized carbons (Fsp3) is 0.389. The Morgan fingerprint density at radius 1 is 1.17 bits per heavy atom. The molecule has 1 aliphatic rings. The van der Waals surface area contributed by atoms with Crippen LogP contribution in [0.1, 0.15) is 30.5 Å². The third-order valence-corrected chi connectivity index (χ3v) is 5.09. The maximum Gasteiger partial charge on any atom is 0.163 e. The van der Waals surface area contributed by atoms with Gasteiger partial charge in [-0.2, -0.15) is 5.10 Å². The van der Waals surface area contributed by atoms with Gasteiger partial charge in [-0.05, 0) is 25.3 Å². The first kappa shape index (κ1) is 14.2. The van der Waals surface area contributed by atoms with Gasteiger partial charge in [0.25, 0.3) is 0 Å². The van der Waals surface area contributed by atoms with Crippen LogP contribution in [0.2, 0.25) is 0 Å². The fourth-order valence-electron chi connectivity index (χ4n) is 3.63. The minimum atomic E-state index is 0.231. The number of nitrogens with one attached hydrogen (secondary N) is 1. The van der Waals surface area contributed by atoms with Crippen LogP contribution in [0.25, 0.3) is 11.0 Å². The zero-order valence-electron chi connectivity index (χ0n) is 13.6. The van der Waals surface area contributed by atoms with Gasteiger partial charge in [0.05, 0.1) is 11.1 Å². The number of hydrogen-bond acceptors (Lipinski definition) is 4. The molecule has 0 saturated heterocycles. The average Bonchev–Trinajstić information content (AvgIpc) is 2.83. The van der Waals surface area contributed by atoms with E-state index < -0.39 is 0 Å². The van der Waals surface area contributed by atoms with E-state index in [9.17, 15) is 0 Å². The van der Waals surface area contributed by atoms with Gasteiger partial charge in [-0.1, -0.05) is 36.8 Å². The van der Waals surface area contributed by atoms with Crippen LogP contribution in [0.5, 0.6) is 0 Å². The molecule has 3 aromatic rings. The Bertz CT molecular complexity index is 833. The molecule has 0 atom stereocenters.